The Morgan fingerprint density at radius 2 is 2.00 bits per heavy atom. The zero-order valence-corrected chi connectivity index (χ0v) is 13.7. The third-order valence-electron chi connectivity index (χ3n) is 3.44. The highest BCUT2D eigenvalue weighted by atomic mass is 32.1. The monoisotopic (exact) mass is 341 g/mol. The second kappa shape index (κ2) is 6.67. The number of thiazole rings is 1. The lowest BCUT2D eigenvalue weighted by atomic mass is 10.1. The molecule has 6 nitrogen and oxygen atoms in total. The number of nitrogens with one attached hydrogen (secondary N) is 1. The summed E-state index contributed by atoms with van der Waals surface area (Å²) in [4.78, 5) is 28.5. The quantitative estimate of drug-likeness (QED) is 0.745. The summed E-state index contributed by atoms with van der Waals surface area (Å²) in [6, 6.07) is 10.4. The van der Waals surface area contributed by atoms with E-state index >= 15 is 0 Å². The number of carbonyl (C=O) groups excluding carboxylic acids is 2. The van der Waals surface area contributed by atoms with Crippen molar-refractivity contribution >= 4 is 23.2 Å². The topological polar surface area (TPSA) is 98.2 Å². The Balaban J connectivity index is 1.68. The van der Waals surface area contributed by atoms with Crippen LogP contribution in [0.25, 0.3) is 10.8 Å². The molecule has 7 heteroatoms. The Bertz CT molecular complexity index is 867. The second-order valence-corrected chi connectivity index (χ2v) is 6.35. The highest BCUT2D eigenvalue weighted by Crippen LogP contribution is 2.27. The first-order chi connectivity index (χ1) is 11.5. The molecule has 2 aromatic heterocycles. The van der Waals surface area contributed by atoms with Gasteiger partial charge in [-0.2, -0.15) is 0 Å². The van der Waals surface area contributed by atoms with Crippen LogP contribution in [0, 0.1) is 6.92 Å². The van der Waals surface area contributed by atoms with Crippen LogP contribution in [0.5, 0.6) is 0 Å². The highest BCUT2D eigenvalue weighted by Gasteiger charge is 2.17. The summed E-state index contributed by atoms with van der Waals surface area (Å²) >= 11 is 1.41. The minimum atomic E-state index is -0.478. The maximum atomic E-state index is 12.3. The lowest BCUT2D eigenvalue weighted by molar-refractivity contribution is 0.0944. The van der Waals surface area contributed by atoms with Crippen LogP contribution in [-0.2, 0) is 6.54 Å². The summed E-state index contributed by atoms with van der Waals surface area (Å²) in [5.41, 5.74) is 6.89. The van der Waals surface area contributed by atoms with Crippen molar-refractivity contribution in [3.05, 3.63) is 64.4 Å². The Hall–Kier alpha value is -2.93. The molecule has 0 radical (unpaired) electrons. The molecule has 0 fully saturated rings. The van der Waals surface area contributed by atoms with E-state index in [0.29, 0.717) is 28.6 Å². The summed E-state index contributed by atoms with van der Waals surface area (Å²) in [6.07, 6.45) is 1.57. The van der Waals surface area contributed by atoms with E-state index in [2.05, 4.69) is 10.3 Å². The van der Waals surface area contributed by atoms with Crippen molar-refractivity contribution in [3.63, 3.8) is 0 Å². The Morgan fingerprint density at radius 3 is 2.62 bits per heavy atom. The average molecular weight is 341 g/mol. The van der Waals surface area contributed by atoms with Crippen LogP contribution in [0.3, 0.4) is 0 Å². The number of aryl methyl sites for hydroxylation is 1. The van der Waals surface area contributed by atoms with Gasteiger partial charge in [0, 0.05) is 17.0 Å². The van der Waals surface area contributed by atoms with Gasteiger partial charge in [0.05, 0.1) is 6.26 Å². The van der Waals surface area contributed by atoms with Crippen molar-refractivity contribution in [3.8, 4) is 10.8 Å². The molecule has 0 atom stereocenters. The van der Waals surface area contributed by atoms with E-state index in [0.717, 1.165) is 10.4 Å². The van der Waals surface area contributed by atoms with Gasteiger partial charge < -0.3 is 15.5 Å². The minimum absolute atomic E-state index is 0.250. The summed E-state index contributed by atoms with van der Waals surface area (Å²) in [5, 5.41) is 3.50. The SMILES string of the molecule is Cc1sc(-c2ccco2)nc1C(=O)NCc1ccc(C(N)=O)cc1. The largest absolute Gasteiger partial charge is 0.462 e. The number of primary amides is 1. The third kappa shape index (κ3) is 3.36. The first-order valence-electron chi connectivity index (χ1n) is 7.23. The summed E-state index contributed by atoms with van der Waals surface area (Å²) in [5.74, 6) is -0.0844. The van der Waals surface area contributed by atoms with E-state index in [1.54, 1.807) is 42.7 Å². The number of carbonyl (C=O) groups is 2. The van der Waals surface area contributed by atoms with Crippen molar-refractivity contribution < 1.29 is 14.0 Å². The molecule has 0 saturated carbocycles. The van der Waals surface area contributed by atoms with E-state index in [-0.39, 0.29) is 5.91 Å². The molecule has 2 amide bonds. The van der Waals surface area contributed by atoms with Crippen molar-refractivity contribution in [1.29, 1.82) is 0 Å². The lowest BCUT2D eigenvalue weighted by Gasteiger charge is -2.05. The maximum Gasteiger partial charge on any atom is 0.271 e. The normalized spacial score (nSPS) is 10.5. The highest BCUT2D eigenvalue weighted by molar-refractivity contribution is 7.15. The van der Waals surface area contributed by atoms with E-state index in [1.807, 2.05) is 6.92 Å². The number of hydrogen-bond acceptors (Lipinski definition) is 5. The van der Waals surface area contributed by atoms with E-state index in [4.69, 9.17) is 10.2 Å². The van der Waals surface area contributed by atoms with Crippen LogP contribution < -0.4 is 11.1 Å². The zero-order chi connectivity index (χ0) is 17.1. The van der Waals surface area contributed by atoms with Crippen molar-refractivity contribution in [2.45, 2.75) is 13.5 Å². The number of aromatic nitrogens is 1. The standard InChI is InChI=1S/C17H15N3O3S/c1-10-14(20-17(24-10)13-3-2-8-23-13)16(22)19-9-11-4-6-12(7-5-11)15(18)21/h2-8H,9H2,1H3,(H2,18,21)(H,19,22). The van der Waals surface area contributed by atoms with Crippen LogP contribution in [0.1, 0.15) is 31.3 Å². The van der Waals surface area contributed by atoms with Gasteiger partial charge in [0.1, 0.15) is 5.69 Å². The summed E-state index contributed by atoms with van der Waals surface area (Å²) in [6.45, 7) is 2.19. The third-order valence-corrected chi connectivity index (χ3v) is 4.42. The van der Waals surface area contributed by atoms with Crippen molar-refractivity contribution in [2.24, 2.45) is 5.73 Å². The van der Waals surface area contributed by atoms with Gasteiger partial charge in [-0.3, -0.25) is 9.59 Å². The van der Waals surface area contributed by atoms with Crippen LogP contribution in [-0.4, -0.2) is 16.8 Å². The van der Waals surface area contributed by atoms with Gasteiger partial charge in [0.2, 0.25) is 5.91 Å². The molecule has 0 aliphatic heterocycles. The van der Waals surface area contributed by atoms with Gasteiger partial charge in [0.15, 0.2) is 10.8 Å². The van der Waals surface area contributed by atoms with E-state index < -0.39 is 5.91 Å². The predicted octanol–water partition coefficient (Wildman–Crippen LogP) is 2.74. The Labute approximate surface area is 142 Å². The van der Waals surface area contributed by atoms with Crippen molar-refractivity contribution in [2.75, 3.05) is 0 Å². The molecule has 3 rings (SSSR count). The molecule has 1 aromatic carbocycles. The van der Waals surface area contributed by atoms with Crippen molar-refractivity contribution in [1.82, 2.24) is 10.3 Å². The number of hydrogen-bond donors (Lipinski definition) is 2. The Morgan fingerprint density at radius 1 is 1.25 bits per heavy atom. The van der Waals surface area contributed by atoms with Crippen LogP contribution in [0.15, 0.2) is 47.1 Å². The number of amides is 2. The Kier molecular flexibility index (Phi) is 4.43. The van der Waals surface area contributed by atoms with Crippen LogP contribution >= 0.6 is 11.3 Å². The molecule has 0 aliphatic carbocycles. The fraction of sp³-hybridized carbons (Fsp3) is 0.118. The maximum absolute atomic E-state index is 12.3. The average Bonchev–Trinajstić information content (AvgIpc) is 3.22. The first kappa shape index (κ1) is 15.9. The fourth-order valence-corrected chi connectivity index (χ4v) is 3.04. The smallest absolute Gasteiger partial charge is 0.271 e. The van der Waals surface area contributed by atoms with E-state index in [9.17, 15) is 9.59 Å². The molecule has 0 saturated heterocycles. The first-order valence-corrected chi connectivity index (χ1v) is 8.04. The number of rotatable bonds is 5. The van der Waals surface area contributed by atoms with Gasteiger partial charge in [-0.25, -0.2) is 4.98 Å². The molecule has 0 aliphatic rings. The molecule has 0 bridgehead atoms. The van der Waals surface area contributed by atoms with Gasteiger partial charge >= 0.3 is 0 Å². The predicted molar refractivity (Wildman–Crippen MR) is 90.7 cm³/mol. The van der Waals surface area contributed by atoms with Gasteiger partial charge in [0.25, 0.3) is 5.91 Å². The number of furan rings is 1. The number of benzene rings is 1. The fourth-order valence-electron chi connectivity index (χ4n) is 2.17. The molecule has 2 heterocycles. The van der Waals surface area contributed by atoms with Gasteiger partial charge in [-0.15, -0.1) is 11.3 Å². The molecule has 3 aromatic rings. The van der Waals surface area contributed by atoms with Gasteiger partial charge in [-0.05, 0) is 36.8 Å². The molecular weight excluding hydrogens is 326 g/mol. The number of nitrogens with zero attached hydrogens (tertiary/aromatic N) is 1. The lowest BCUT2D eigenvalue weighted by Crippen LogP contribution is -2.23. The molecule has 0 spiro atoms. The molecule has 3 N–H and O–H groups in total. The zero-order valence-electron chi connectivity index (χ0n) is 12.9. The van der Waals surface area contributed by atoms with Crippen LogP contribution in [0.4, 0.5) is 0 Å². The van der Waals surface area contributed by atoms with Gasteiger partial charge in [-0.1, -0.05) is 12.1 Å². The number of nitrogens with two attached hydrogens (primary N) is 1. The molecule has 0 unspecified atom stereocenters. The molecule has 122 valence electrons. The summed E-state index contributed by atoms with van der Waals surface area (Å²) < 4.78 is 5.31. The van der Waals surface area contributed by atoms with E-state index in [1.165, 1.54) is 11.3 Å². The van der Waals surface area contributed by atoms with Crippen LogP contribution in [0.2, 0.25) is 0 Å². The summed E-state index contributed by atoms with van der Waals surface area (Å²) in [7, 11) is 0. The minimum Gasteiger partial charge on any atom is -0.462 e. The second-order valence-electron chi connectivity index (χ2n) is 5.14. The molecular formula is C17H15N3O3S. The molecule has 24 heavy (non-hydrogen) atoms.